The summed E-state index contributed by atoms with van der Waals surface area (Å²) in [5.74, 6) is -2.74. The van der Waals surface area contributed by atoms with Crippen LogP contribution in [0.3, 0.4) is 0 Å². The van der Waals surface area contributed by atoms with Crippen molar-refractivity contribution in [3.05, 3.63) is 35.4 Å². The van der Waals surface area contributed by atoms with Gasteiger partial charge in [-0.1, -0.05) is 57.6 Å². The minimum absolute atomic E-state index is 0.104. The van der Waals surface area contributed by atoms with Crippen LogP contribution >= 0.6 is 0 Å². The van der Waals surface area contributed by atoms with E-state index in [2.05, 4.69) is 6.92 Å². The Morgan fingerprint density at radius 2 is 1.48 bits per heavy atom. The van der Waals surface area contributed by atoms with Gasteiger partial charge in [-0.15, -0.1) is 0 Å². The molecule has 0 saturated heterocycles. The number of carbonyl (C=O) groups excluding carboxylic acids is 2. The van der Waals surface area contributed by atoms with Crippen LogP contribution in [0.4, 0.5) is 0 Å². The van der Waals surface area contributed by atoms with Crippen molar-refractivity contribution in [2.24, 2.45) is 0 Å². The van der Waals surface area contributed by atoms with Crippen LogP contribution in [-0.4, -0.2) is 23.0 Å². The van der Waals surface area contributed by atoms with E-state index in [-0.39, 0.29) is 17.5 Å². The summed E-state index contributed by atoms with van der Waals surface area (Å²) < 4.78 is 4.73. The van der Waals surface area contributed by atoms with Gasteiger partial charge in [0.2, 0.25) is 0 Å². The maximum atomic E-state index is 11.9. The number of carboxylic acids is 1. The van der Waals surface area contributed by atoms with Crippen molar-refractivity contribution in [1.82, 2.24) is 0 Å². The summed E-state index contributed by atoms with van der Waals surface area (Å²) in [5, 5.41) is 9.02. The number of unbranched alkanes of at least 4 members (excludes halogenated alkanes) is 6. The average molecular weight is 320 g/mol. The zero-order valence-corrected chi connectivity index (χ0v) is 13.5. The Morgan fingerprint density at radius 3 is 2.09 bits per heavy atom. The average Bonchev–Trinajstić information content (AvgIpc) is 2.53. The van der Waals surface area contributed by atoms with Gasteiger partial charge >= 0.3 is 17.9 Å². The third-order valence-corrected chi connectivity index (χ3v) is 3.57. The first-order valence-electron chi connectivity index (χ1n) is 8.13. The molecule has 0 aliphatic carbocycles. The summed E-state index contributed by atoms with van der Waals surface area (Å²) in [6.45, 7) is 2.16. The van der Waals surface area contributed by atoms with E-state index in [0.717, 1.165) is 19.3 Å². The van der Waals surface area contributed by atoms with Crippen LogP contribution in [0.1, 0.15) is 79.0 Å². The molecule has 0 spiro atoms. The number of carbonyl (C=O) groups is 3. The lowest BCUT2D eigenvalue weighted by Gasteiger charge is -2.06. The number of carboxylic acid groups (broad SMARTS) is 1. The summed E-state index contributed by atoms with van der Waals surface area (Å²) in [5.41, 5.74) is -0.269. The van der Waals surface area contributed by atoms with Gasteiger partial charge in [0.25, 0.3) is 0 Å². The molecule has 0 amide bonds. The van der Waals surface area contributed by atoms with Gasteiger partial charge in [-0.05, 0) is 18.6 Å². The number of hydrogen-bond acceptors (Lipinski definition) is 4. The first-order chi connectivity index (χ1) is 11.1. The number of rotatable bonds is 10. The van der Waals surface area contributed by atoms with Gasteiger partial charge in [0, 0.05) is 6.42 Å². The lowest BCUT2D eigenvalue weighted by atomic mass is 10.1. The standard InChI is InChI=1S/C18H24O5/c1-2-3-4-5-6-7-8-13-16(19)23-18(22)15-12-10-9-11-14(15)17(20)21/h9-12H,2-8,13H2,1H3,(H,20,21). The highest BCUT2D eigenvalue weighted by atomic mass is 16.6. The molecule has 0 fully saturated rings. The third-order valence-electron chi connectivity index (χ3n) is 3.57. The second-order valence-corrected chi connectivity index (χ2v) is 5.48. The van der Waals surface area contributed by atoms with Gasteiger partial charge in [0.05, 0.1) is 11.1 Å². The summed E-state index contributed by atoms with van der Waals surface area (Å²) in [4.78, 5) is 34.6. The molecule has 1 rings (SSSR count). The maximum absolute atomic E-state index is 11.9. The van der Waals surface area contributed by atoms with Gasteiger partial charge in [-0.2, -0.15) is 0 Å². The fourth-order valence-corrected chi connectivity index (χ4v) is 2.28. The van der Waals surface area contributed by atoms with Crippen molar-refractivity contribution in [2.45, 2.75) is 58.3 Å². The summed E-state index contributed by atoms with van der Waals surface area (Å²) in [7, 11) is 0. The highest BCUT2D eigenvalue weighted by Gasteiger charge is 2.19. The molecule has 0 unspecified atom stereocenters. The number of hydrogen-bond donors (Lipinski definition) is 1. The molecule has 0 radical (unpaired) electrons. The van der Waals surface area contributed by atoms with Crippen LogP contribution in [0.5, 0.6) is 0 Å². The monoisotopic (exact) mass is 320 g/mol. The molecule has 1 aromatic carbocycles. The van der Waals surface area contributed by atoms with E-state index in [4.69, 9.17) is 9.84 Å². The number of benzene rings is 1. The molecule has 1 aromatic rings. The zero-order valence-electron chi connectivity index (χ0n) is 13.5. The second-order valence-electron chi connectivity index (χ2n) is 5.48. The largest absolute Gasteiger partial charge is 0.478 e. The van der Waals surface area contributed by atoms with Crippen LogP contribution < -0.4 is 0 Å². The van der Waals surface area contributed by atoms with E-state index < -0.39 is 17.9 Å². The number of esters is 2. The van der Waals surface area contributed by atoms with Crippen LogP contribution in [-0.2, 0) is 9.53 Å². The van der Waals surface area contributed by atoms with Crippen LogP contribution in [0.2, 0.25) is 0 Å². The smallest absolute Gasteiger partial charge is 0.346 e. The van der Waals surface area contributed by atoms with E-state index in [1.165, 1.54) is 43.5 Å². The summed E-state index contributed by atoms with van der Waals surface area (Å²) in [6.07, 6.45) is 7.67. The first-order valence-corrected chi connectivity index (χ1v) is 8.13. The highest BCUT2D eigenvalue weighted by molar-refractivity contribution is 6.05. The van der Waals surface area contributed by atoms with Gasteiger partial charge < -0.3 is 9.84 Å². The molecule has 0 aliphatic heterocycles. The molecule has 0 atom stereocenters. The molecule has 0 bridgehead atoms. The molecule has 0 heterocycles. The first kappa shape index (κ1) is 18.9. The third kappa shape index (κ3) is 7.08. The maximum Gasteiger partial charge on any atom is 0.346 e. The van der Waals surface area contributed by atoms with Gasteiger partial charge in [-0.3, -0.25) is 4.79 Å². The van der Waals surface area contributed by atoms with Crippen molar-refractivity contribution in [3.8, 4) is 0 Å². The zero-order chi connectivity index (χ0) is 17.1. The van der Waals surface area contributed by atoms with Gasteiger partial charge in [0.1, 0.15) is 0 Å². The Kier molecular flexibility index (Phi) is 8.65. The Hall–Kier alpha value is -2.17. The molecule has 0 aromatic heterocycles. The predicted octanol–water partition coefficient (Wildman–Crippen LogP) is 4.21. The van der Waals surface area contributed by atoms with E-state index in [9.17, 15) is 14.4 Å². The SMILES string of the molecule is CCCCCCCCCC(=O)OC(=O)c1ccccc1C(=O)O. The predicted molar refractivity (Wildman–Crippen MR) is 86.4 cm³/mol. The fourth-order valence-electron chi connectivity index (χ4n) is 2.28. The van der Waals surface area contributed by atoms with Crippen molar-refractivity contribution >= 4 is 17.9 Å². The lowest BCUT2D eigenvalue weighted by molar-refractivity contribution is -0.138. The molecule has 23 heavy (non-hydrogen) atoms. The Morgan fingerprint density at radius 1 is 0.913 bits per heavy atom. The van der Waals surface area contributed by atoms with Crippen LogP contribution in [0, 0.1) is 0 Å². The quantitative estimate of drug-likeness (QED) is 0.397. The highest BCUT2D eigenvalue weighted by Crippen LogP contribution is 2.12. The number of aromatic carboxylic acids is 1. The van der Waals surface area contributed by atoms with Crippen molar-refractivity contribution in [3.63, 3.8) is 0 Å². The summed E-state index contributed by atoms with van der Waals surface area (Å²) >= 11 is 0. The lowest BCUT2D eigenvalue weighted by Crippen LogP contribution is -2.15. The fraction of sp³-hybridized carbons (Fsp3) is 0.500. The Balaban J connectivity index is 2.34. The topological polar surface area (TPSA) is 80.7 Å². The van der Waals surface area contributed by atoms with E-state index in [1.807, 2.05) is 0 Å². The molecule has 5 nitrogen and oxygen atoms in total. The minimum atomic E-state index is -1.22. The van der Waals surface area contributed by atoms with Crippen molar-refractivity contribution in [2.75, 3.05) is 0 Å². The molecular weight excluding hydrogens is 296 g/mol. The van der Waals surface area contributed by atoms with Crippen LogP contribution in [0.25, 0.3) is 0 Å². The second kappa shape index (κ2) is 10.5. The molecule has 126 valence electrons. The van der Waals surface area contributed by atoms with Gasteiger partial charge in [0.15, 0.2) is 0 Å². The summed E-state index contributed by atoms with van der Waals surface area (Å²) in [6, 6.07) is 5.69. The van der Waals surface area contributed by atoms with E-state index in [0.29, 0.717) is 6.42 Å². The van der Waals surface area contributed by atoms with Gasteiger partial charge in [-0.25, -0.2) is 9.59 Å². The van der Waals surface area contributed by atoms with E-state index >= 15 is 0 Å². The molecule has 5 heteroatoms. The molecular formula is C18H24O5. The van der Waals surface area contributed by atoms with Crippen molar-refractivity contribution < 1.29 is 24.2 Å². The van der Waals surface area contributed by atoms with Crippen molar-refractivity contribution in [1.29, 1.82) is 0 Å². The molecule has 0 aliphatic rings. The van der Waals surface area contributed by atoms with Crippen LogP contribution in [0.15, 0.2) is 24.3 Å². The molecule has 1 N–H and O–H groups in total. The normalized spacial score (nSPS) is 10.3. The molecule has 0 saturated carbocycles. The minimum Gasteiger partial charge on any atom is -0.478 e. The Bertz CT molecular complexity index is 536. The Labute approximate surface area is 136 Å². The van der Waals surface area contributed by atoms with E-state index in [1.54, 1.807) is 0 Å². The number of ether oxygens (including phenoxy) is 1.